The van der Waals surface area contributed by atoms with Crippen LogP contribution in [0.4, 0.5) is 0 Å². The van der Waals surface area contributed by atoms with Gasteiger partial charge in [0.2, 0.25) is 0 Å². The van der Waals surface area contributed by atoms with E-state index >= 15 is 0 Å². The van der Waals surface area contributed by atoms with E-state index in [1.54, 1.807) is 17.3 Å². The molecule has 250 valence electrons. The highest BCUT2D eigenvalue weighted by atomic mass is 16.2. The minimum Gasteiger partial charge on any atom is -0.299 e. The summed E-state index contributed by atoms with van der Waals surface area (Å²) in [6.45, 7) is 28.4. The summed E-state index contributed by atoms with van der Waals surface area (Å²) < 4.78 is 1.74. The number of carbonyl (C=O) groups is 2. The molecule has 5 nitrogen and oxygen atoms in total. The van der Waals surface area contributed by atoms with Crippen LogP contribution in [0.2, 0.25) is 0 Å². The molecule has 0 aliphatic rings. The second kappa shape index (κ2) is 22.7. The van der Waals surface area contributed by atoms with E-state index in [9.17, 15) is 9.59 Å². The number of Topliss-reactive ketones (excluding diaryl/α,β-unsaturated/α-hetero) is 2. The van der Waals surface area contributed by atoms with Gasteiger partial charge in [-0.1, -0.05) is 98.9 Å². The van der Waals surface area contributed by atoms with E-state index < -0.39 is 5.41 Å². The summed E-state index contributed by atoms with van der Waals surface area (Å²) in [5, 5.41) is 4.32. The van der Waals surface area contributed by atoms with E-state index in [1.165, 1.54) is 44.2 Å². The van der Waals surface area contributed by atoms with Gasteiger partial charge in [-0.25, -0.2) is 0 Å². The second-order valence-electron chi connectivity index (χ2n) is 12.4. The van der Waals surface area contributed by atoms with Gasteiger partial charge in [-0.3, -0.25) is 19.3 Å². The third-order valence-corrected chi connectivity index (χ3v) is 7.89. The Kier molecular flexibility index (Phi) is 22.3. The van der Waals surface area contributed by atoms with Crippen molar-refractivity contribution in [3.8, 4) is 0 Å². The SMILES string of the molecule is CC.CCC(C)C.CCCc1cc(CC)ccc1C(C)C.CN=C(C)/C=C(\C)CC(Cc1cc(C)nn1C)(C(C)=O)C(C)=O. The molecule has 44 heavy (non-hydrogen) atoms. The van der Waals surface area contributed by atoms with Crippen molar-refractivity contribution >= 4 is 17.3 Å². The lowest BCUT2D eigenvalue weighted by Gasteiger charge is -2.29. The van der Waals surface area contributed by atoms with Crippen molar-refractivity contribution in [1.29, 1.82) is 0 Å². The van der Waals surface area contributed by atoms with Crippen LogP contribution in [0.3, 0.4) is 0 Å². The Morgan fingerprint density at radius 2 is 1.52 bits per heavy atom. The van der Waals surface area contributed by atoms with Gasteiger partial charge in [0.15, 0.2) is 0 Å². The van der Waals surface area contributed by atoms with Crippen molar-refractivity contribution in [3.05, 3.63) is 64.0 Å². The molecule has 2 aromatic rings. The molecule has 0 N–H and O–H groups in total. The summed E-state index contributed by atoms with van der Waals surface area (Å²) in [6, 6.07) is 8.90. The lowest BCUT2D eigenvalue weighted by molar-refractivity contribution is -0.138. The van der Waals surface area contributed by atoms with E-state index in [-0.39, 0.29) is 11.6 Å². The average molecular weight is 610 g/mol. The molecule has 0 saturated heterocycles. The summed E-state index contributed by atoms with van der Waals surface area (Å²) in [7, 11) is 3.56. The van der Waals surface area contributed by atoms with E-state index in [0.717, 1.165) is 35.0 Å². The number of hydrogen-bond donors (Lipinski definition) is 0. The number of ketones is 2. The first-order valence-electron chi connectivity index (χ1n) is 16.8. The maximum atomic E-state index is 12.4. The van der Waals surface area contributed by atoms with Gasteiger partial charge in [-0.05, 0) is 94.5 Å². The molecule has 0 fully saturated rings. The first kappa shape index (κ1) is 43.3. The number of aryl methyl sites for hydroxylation is 4. The minimum absolute atomic E-state index is 0.109. The normalized spacial score (nSPS) is 11.7. The van der Waals surface area contributed by atoms with Crippen molar-refractivity contribution in [3.63, 3.8) is 0 Å². The number of hydrogen-bond acceptors (Lipinski definition) is 4. The third kappa shape index (κ3) is 15.3. The maximum Gasteiger partial charge on any atom is 0.144 e. The van der Waals surface area contributed by atoms with Crippen LogP contribution < -0.4 is 0 Å². The standard InChI is InChI=1S/C18H27N3O2.C14H22.C5H12.C2H6/c1-12(8-13(2)19-6)10-18(15(4)22,16(5)23)11-17-9-14(3)20-21(17)7;1-5-7-13-10-12(6-2)8-9-14(13)11(3)4;1-4-5(2)3;1-2/h8-9H,10-11H2,1-7H3;8-11H,5-7H2,1-4H3;5H,4H2,1-3H3;1-2H3/b12-8+,19-13?;;;. The lowest BCUT2D eigenvalue weighted by Crippen LogP contribution is -2.39. The largest absolute Gasteiger partial charge is 0.299 e. The average Bonchev–Trinajstić information content (AvgIpc) is 3.29. The molecule has 1 heterocycles. The Labute approximate surface area is 272 Å². The number of aliphatic imine (C=N–C) groups is 1. The Bertz CT molecular complexity index is 1170. The number of allylic oxidation sites excluding steroid dienone is 2. The Morgan fingerprint density at radius 1 is 0.977 bits per heavy atom. The minimum atomic E-state index is -1.05. The quantitative estimate of drug-likeness (QED) is 0.178. The van der Waals surface area contributed by atoms with Gasteiger partial charge in [0.1, 0.15) is 11.6 Å². The summed E-state index contributed by atoms with van der Waals surface area (Å²) in [6.07, 6.45) is 7.61. The molecule has 1 aromatic heterocycles. The molecule has 0 aliphatic heterocycles. The number of aromatic nitrogens is 2. The van der Waals surface area contributed by atoms with Crippen LogP contribution in [0.15, 0.2) is 40.9 Å². The number of benzene rings is 1. The zero-order valence-corrected chi connectivity index (χ0v) is 31.4. The molecular formula is C39H67N3O2. The monoisotopic (exact) mass is 610 g/mol. The molecule has 0 bridgehead atoms. The molecular weight excluding hydrogens is 542 g/mol. The van der Waals surface area contributed by atoms with Gasteiger partial charge < -0.3 is 0 Å². The van der Waals surface area contributed by atoms with E-state index in [1.807, 2.05) is 53.8 Å². The van der Waals surface area contributed by atoms with Crippen LogP contribution in [0, 0.1) is 18.3 Å². The topological polar surface area (TPSA) is 64.3 Å². The summed E-state index contributed by atoms with van der Waals surface area (Å²) in [5.74, 6) is 1.32. The molecule has 0 saturated carbocycles. The predicted octanol–water partition coefficient (Wildman–Crippen LogP) is 10.3. The van der Waals surface area contributed by atoms with Gasteiger partial charge in [-0.2, -0.15) is 5.10 Å². The fourth-order valence-corrected chi connectivity index (χ4v) is 4.82. The molecule has 1 aromatic carbocycles. The molecule has 0 amide bonds. The van der Waals surface area contributed by atoms with Gasteiger partial charge in [0.25, 0.3) is 0 Å². The van der Waals surface area contributed by atoms with Crippen LogP contribution in [0.1, 0.15) is 143 Å². The molecule has 0 aliphatic carbocycles. The van der Waals surface area contributed by atoms with E-state index in [4.69, 9.17) is 0 Å². The van der Waals surface area contributed by atoms with E-state index in [0.29, 0.717) is 18.8 Å². The summed E-state index contributed by atoms with van der Waals surface area (Å²) in [5.41, 5.74) is 7.13. The Hall–Kier alpha value is -2.82. The van der Waals surface area contributed by atoms with Crippen molar-refractivity contribution in [1.82, 2.24) is 9.78 Å². The fraction of sp³-hybridized carbons (Fsp3) is 0.641. The van der Waals surface area contributed by atoms with Crippen LogP contribution in [-0.4, -0.2) is 34.1 Å². The lowest BCUT2D eigenvalue weighted by atomic mass is 9.71. The number of nitrogens with zero attached hydrogens (tertiary/aromatic N) is 3. The molecule has 2 rings (SSSR count). The van der Waals surface area contributed by atoms with Crippen molar-refractivity contribution in [2.75, 3.05) is 7.05 Å². The smallest absolute Gasteiger partial charge is 0.144 e. The van der Waals surface area contributed by atoms with Gasteiger partial charge in [-0.15, -0.1) is 0 Å². The number of rotatable bonds is 12. The molecule has 0 spiro atoms. The molecule has 5 heteroatoms. The molecule has 0 unspecified atom stereocenters. The van der Waals surface area contributed by atoms with Gasteiger partial charge in [0.05, 0.1) is 11.1 Å². The second-order valence-corrected chi connectivity index (χ2v) is 12.4. The van der Waals surface area contributed by atoms with Crippen molar-refractivity contribution in [2.24, 2.45) is 23.4 Å². The number of carbonyl (C=O) groups excluding carboxylic acids is 2. The third-order valence-electron chi connectivity index (χ3n) is 7.89. The molecule has 0 atom stereocenters. The predicted molar refractivity (Wildman–Crippen MR) is 193 cm³/mol. The maximum absolute atomic E-state index is 12.4. The highest BCUT2D eigenvalue weighted by Crippen LogP contribution is 2.33. The van der Waals surface area contributed by atoms with Crippen LogP contribution in [-0.2, 0) is 35.9 Å². The first-order chi connectivity index (χ1) is 20.6. The Balaban J connectivity index is 0. The highest BCUT2D eigenvalue weighted by molar-refractivity contribution is 6.05. The summed E-state index contributed by atoms with van der Waals surface area (Å²) >= 11 is 0. The zero-order chi connectivity index (χ0) is 34.6. The summed E-state index contributed by atoms with van der Waals surface area (Å²) in [4.78, 5) is 28.9. The van der Waals surface area contributed by atoms with Crippen LogP contribution >= 0.6 is 0 Å². The van der Waals surface area contributed by atoms with Gasteiger partial charge >= 0.3 is 0 Å². The Morgan fingerprint density at radius 3 is 1.89 bits per heavy atom. The highest BCUT2D eigenvalue weighted by Gasteiger charge is 2.41. The van der Waals surface area contributed by atoms with Crippen molar-refractivity contribution < 1.29 is 9.59 Å². The first-order valence-corrected chi connectivity index (χ1v) is 16.8. The van der Waals surface area contributed by atoms with Gasteiger partial charge in [0, 0.05) is 31.9 Å². The van der Waals surface area contributed by atoms with Crippen LogP contribution in [0.5, 0.6) is 0 Å². The van der Waals surface area contributed by atoms with E-state index in [2.05, 4.69) is 76.8 Å². The van der Waals surface area contributed by atoms with Crippen LogP contribution in [0.25, 0.3) is 0 Å². The van der Waals surface area contributed by atoms with Crippen molar-refractivity contribution in [2.45, 2.75) is 141 Å². The fourth-order valence-electron chi connectivity index (χ4n) is 4.82. The zero-order valence-electron chi connectivity index (χ0n) is 31.4. The molecule has 0 radical (unpaired) electrons.